The quantitative estimate of drug-likeness (QED) is 0.316. The van der Waals surface area contributed by atoms with E-state index < -0.39 is 5.41 Å². The van der Waals surface area contributed by atoms with Crippen molar-refractivity contribution in [3.05, 3.63) is 143 Å². The second kappa shape index (κ2) is 9.74. The first kappa shape index (κ1) is 21.0. The molecule has 156 valence electrons. The molecule has 31 heavy (non-hydrogen) atoms. The van der Waals surface area contributed by atoms with Gasteiger partial charge >= 0.3 is 0 Å². The number of hydrogen-bond acceptors (Lipinski definition) is 2. The zero-order chi connectivity index (χ0) is 21.5. The molecule has 0 heterocycles. The Labute approximate surface area is 185 Å². The maximum absolute atomic E-state index is 5.45. The highest BCUT2D eigenvalue weighted by Crippen LogP contribution is 2.45. The molecule has 4 aromatic carbocycles. The van der Waals surface area contributed by atoms with Crippen molar-refractivity contribution >= 4 is 0 Å². The van der Waals surface area contributed by atoms with Gasteiger partial charge in [0.2, 0.25) is 0 Å². The molecule has 2 heteroatoms. The van der Waals surface area contributed by atoms with Gasteiger partial charge in [0.25, 0.3) is 0 Å². The predicted molar refractivity (Wildman–Crippen MR) is 126 cm³/mol. The topological polar surface area (TPSA) is 18.5 Å². The van der Waals surface area contributed by atoms with E-state index >= 15 is 0 Å². The third-order valence-corrected chi connectivity index (χ3v) is 5.76. The van der Waals surface area contributed by atoms with Crippen LogP contribution in [0.15, 0.2) is 109 Å². The van der Waals surface area contributed by atoms with Crippen LogP contribution in [-0.4, -0.2) is 14.2 Å². The van der Waals surface area contributed by atoms with Crippen LogP contribution < -0.4 is 0 Å². The van der Waals surface area contributed by atoms with Gasteiger partial charge in [-0.2, -0.15) is 0 Å². The van der Waals surface area contributed by atoms with E-state index in [-0.39, 0.29) is 0 Å². The van der Waals surface area contributed by atoms with Gasteiger partial charge in [-0.1, -0.05) is 109 Å². The number of benzene rings is 4. The molecule has 0 radical (unpaired) electrons. The van der Waals surface area contributed by atoms with Gasteiger partial charge in [-0.25, -0.2) is 0 Å². The summed E-state index contributed by atoms with van der Waals surface area (Å²) in [4.78, 5) is 0. The van der Waals surface area contributed by atoms with E-state index in [1.54, 1.807) is 14.2 Å². The highest BCUT2D eigenvalue weighted by atomic mass is 16.5. The number of rotatable bonds is 8. The molecule has 0 spiro atoms. The standard InChI is InChI=1S/C29H28O2/c1-30-21-23-11-9-17-27(19-23)29(25-13-5-3-6-14-25,26-15-7-4-8-16-26)28-18-10-12-24(20-28)22-31-2/h3-20H,21-22H2,1-2H3. The van der Waals surface area contributed by atoms with Gasteiger partial charge in [-0.15, -0.1) is 0 Å². The zero-order valence-electron chi connectivity index (χ0n) is 18.1. The predicted octanol–water partition coefficient (Wildman–Crippen LogP) is 6.36. The third kappa shape index (κ3) is 4.18. The fourth-order valence-corrected chi connectivity index (χ4v) is 4.50. The Morgan fingerprint density at radius 3 is 1.26 bits per heavy atom. The molecule has 2 nitrogen and oxygen atoms in total. The lowest BCUT2D eigenvalue weighted by Gasteiger charge is -2.37. The van der Waals surface area contributed by atoms with Gasteiger partial charge in [0.15, 0.2) is 0 Å². The molecule has 0 saturated heterocycles. The van der Waals surface area contributed by atoms with E-state index in [0.29, 0.717) is 13.2 Å². The molecule has 0 unspecified atom stereocenters. The Hall–Kier alpha value is -3.20. The minimum Gasteiger partial charge on any atom is -0.380 e. The summed E-state index contributed by atoms with van der Waals surface area (Å²) < 4.78 is 10.9. The average Bonchev–Trinajstić information content (AvgIpc) is 2.82. The monoisotopic (exact) mass is 408 g/mol. The van der Waals surface area contributed by atoms with Crippen LogP contribution in [0.5, 0.6) is 0 Å². The molecule has 0 amide bonds. The highest BCUT2D eigenvalue weighted by molar-refractivity contribution is 5.60. The molecular formula is C29H28O2. The molecule has 0 atom stereocenters. The summed E-state index contributed by atoms with van der Waals surface area (Å²) in [6.07, 6.45) is 0. The molecule has 0 aliphatic heterocycles. The van der Waals surface area contributed by atoms with Crippen molar-refractivity contribution < 1.29 is 9.47 Å². The summed E-state index contributed by atoms with van der Waals surface area (Å²) in [7, 11) is 3.48. The first-order valence-corrected chi connectivity index (χ1v) is 10.6. The van der Waals surface area contributed by atoms with Crippen LogP contribution in [0, 0.1) is 0 Å². The van der Waals surface area contributed by atoms with Crippen molar-refractivity contribution in [1.29, 1.82) is 0 Å². The van der Waals surface area contributed by atoms with Crippen molar-refractivity contribution in [3.63, 3.8) is 0 Å². The Kier molecular flexibility index (Phi) is 6.61. The van der Waals surface area contributed by atoms with Crippen molar-refractivity contribution in [2.45, 2.75) is 18.6 Å². The summed E-state index contributed by atoms with van der Waals surface area (Å²) >= 11 is 0. The second-order valence-corrected chi connectivity index (χ2v) is 7.75. The van der Waals surface area contributed by atoms with Crippen LogP contribution in [0.4, 0.5) is 0 Å². The Balaban J connectivity index is 2.08. The summed E-state index contributed by atoms with van der Waals surface area (Å²) in [5, 5.41) is 0. The molecule has 0 N–H and O–H groups in total. The van der Waals surface area contributed by atoms with Gasteiger partial charge in [0.1, 0.15) is 0 Å². The molecule has 0 aliphatic carbocycles. The van der Waals surface area contributed by atoms with Gasteiger partial charge in [-0.05, 0) is 33.4 Å². The van der Waals surface area contributed by atoms with E-state index in [9.17, 15) is 0 Å². The maximum Gasteiger partial charge on any atom is 0.0713 e. The Morgan fingerprint density at radius 1 is 0.484 bits per heavy atom. The molecule has 0 fully saturated rings. The minimum atomic E-state index is -0.462. The fraction of sp³-hybridized carbons (Fsp3) is 0.172. The molecule has 4 rings (SSSR count). The van der Waals surface area contributed by atoms with Gasteiger partial charge in [-0.3, -0.25) is 0 Å². The van der Waals surface area contributed by atoms with Gasteiger partial charge < -0.3 is 9.47 Å². The van der Waals surface area contributed by atoms with E-state index in [1.165, 1.54) is 22.3 Å². The maximum atomic E-state index is 5.45. The molecular weight excluding hydrogens is 380 g/mol. The van der Waals surface area contributed by atoms with Crippen LogP contribution in [-0.2, 0) is 28.1 Å². The number of hydrogen-bond donors (Lipinski definition) is 0. The van der Waals surface area contributed by atoms with Crippen LogP contribution >= 0.6 is 0 Å². The molecule has 0 saturated carbocycles. The normalized spacial score (nSPS) is 11.4. The van der Waals surface area contributed by atoms with Crippen LogP contribution in [0.2, 0.25) is 0 Å². The lowest BCUT2D eigenvalue weighted by atomic mass is 9.65. The smallest absolute Gasteiger partial charge is 0.0713 e. The zero-order valence-corrected chi connectivity index (χ0v) is 18.1. The average molecular weight is 409 g/mol. The molecule has 0 bridgehead atoms. The van der Waals surface area contributed by atoms with E-state index in [1.807, 2.05) is 0 Å². The summed E-state index contributed by atoms with van der Waals surface area (Å²) in [6.45, 7) is 1.16. The Morgan fingerprint density at radius 2 is 0.871 bits per heavy atom. The summed E-state index contributed by atoms with van der Waals surface area (Å²) in [6, 6.07) is 39.0. The second-order valence-electron chi connectivity index (χ2n) is 7.75. The largest absolute Gasteiger partial charge is 0.380 e. The lowest BCUT2D eigenvalue weighted by molar-refractivity contribution is 0.184. The Bertz CT molecular complexity index is 1010. The SMILES string of the molecule is COCc1cccc(C(c2ccccc2)(c2ccccc2)c2cccc(COC)c2)c1. The third-order valence-electron chi connectivity index (χ3n) is 5.76. The highest BCUT2D eigenvalue weighted by Gasteiger charge is 2.38. The first-order chi connectivity index (χ1) is 15.3. The van der Waals surface area contributed by atoms with Crippen molar-refractivity contribution in [3.8, 4) is 0 Å². The van der Waals surface area contributed by atoms with Gasteiger partial charge in [0, 0.05) is 14.2 Å². The molecule has 0 aromatic heterocycles. The molecule has 0 aliphatic rings. The molecule has 4 aromatic rings. The van der Waals surface area contributed by atoms with E-state index in [4.69, 9.17) is 9.47 Å². The fourth-order valence-electron chi connectivity index (χ4n) is 4.50. The van der Waals surface area contributed by atoms with Crippen molar-refractivity contribution in [2.24, 2.45) is 0 Å². The summed E-state index contributed by atoms with van der Waals surface area (Å²) in [5.41, 5.74) is 6.74. The number of ether oxygens (including phenoxy) is 2. The number of methoxy groups -OCH3 is 2. The van der Waals surface area contributed by atoms with E-state index in [0.717, 1.165) is 11.1 Å². The van der Waals surface area contributed by atoms with Crippen molar-refractivity contribution in [1.82, 2.24) is 0 Å². The van der Waals surface area contributed by atoms with Crippen LogP contribution in [0.3, 0.4) is 0 Å². The summed E-state index contributed by atoms with van der Waals surface area (Å²) in [5.74, 6) is 0. The first-order valence-electron chi connectivity index (χ1n) is 10.6. The lowest BCUT2D eigenvalue weighted by Crippen LogP contribution is -2.31. The minimum absolute atomic E-state index is 0.462. The van der Waals surface area contributed by atoms with Crippen LogP contribution in [0.25, 0.3) is 0 Å². The van der Waals surface area contributed by atoms with Gasteiger partial charge in [0.05, 0.1) is 18.6 Å². The van der Waals surface area contributed by atoms with Crippen LogP contribution in [0.1, 0.15) is 33.4 Å². The van der Waals surface area contributed by atoms with E-state index in [2.05, 4.69) is 109 Å². The van der Waals surface area contributed by atoms with Crippen molar-refractivity contribution in [2.75, 3.05) is 14.2 Å².